The number of anilines is 1. The van der Waals surface area contributed by atoms with Crippen LogP contribution in [0.25, 0.3) is 11.1 Å². The third-order valence-electron chi connectivity index (χ3n) is 9.73. The minimum atomic E-state index is -3.61. The lowest BCUT2D eigenvalue weighted by Crippen LogP contribution is -2.51. The number of nitrogens with one attached hydrogen (secondary N) is 1. The minimum absolute atomic E-state index is 0.00568. The second-order valence-electron chi connectivity index (χ2n) is 13.1. The molecular weight excluding hydrogens is 663 g/mol. The van der Waals surface area contributed by atoms with Gasteiger partial charge in [0, 0.05) is 63.1 Å². The molecule has 0 amide bonds. The molecule has 0 spiro atoms. The topological polar surface area (TPSA) is 117 Å². The van der Waals surface area contributed by atoms with Gasteiger partial charge in [0.05, 0.1) is 23.7 Å². The number of hydrogen-bond donors (Lipinski definition) is 2. The molecule has 5 aromatic rings. The number of benzene rings is 4. The van der Waals surface area contributed by atoms with Gasteiger partial charge in [-0.1, -0.05) is 91.9 Å². The van der Waals surface area contributed by atoms with Crippen LogP contribution in [0, 0.1) is 5.92 Å². The molecule has 2 saturated heterocycles. The van der Waals surface area contributed by atoms with Gasteiger partial charge in [-0.3, -0.25) is 4.90 Å². The van der Waals surface area contributed by atoms with Crippen molar-refractivity contribution in [1.29, 1.82) is 0 Å². The average molecular weight is 706 g/mol. The Morgan fingerprint density at radius 1 is 0.765 bits per heavy atom. The van der Waals surface area contributed by atoms with Crippen molar-refractivity contribution < 1.29 is 23.0 Å². The monoisotopic (exact) mass is 705 g/mol. The third kappa shape index (κ3) is 8.36. The van der Waals surface area contributed by atoms with Crippen molar-refractivity contribution in [3.63, 3.8) is 0 Å². The molecule has 264 valence electrons. The lowest BCUT2D eigenvalue weighted by molar-refractivity contribution is -0.276. The van der Waals surface area contributed by atoms with Crippen LogP contribution >= 0.6 is 0 Å². The summed E-state index contributed by atoms with van der Waals surface area (Å²) >= 11 is 0. The summed E-state index contributed by atoms with van der Waals surface area (Å²) in [6, 6.07) is 34.3. The Labute approximate surface area is 299 Å². The van der Waals surface area contributed by atoms with Gasteiger partial charge in [0.1, 0.15) is 0 Å². The maximum atomic E-state index is 12.8. The Bertz CT molecular complexity index is 1970. The molecule has 2 aliphatic heterocycles. The molecule has 0 radical (unpaired) electrons. The Hall–Kier alpha value is -4.49. The van der Waals surface area contributed by atoms with Crippen LogP contribution in [0.4, 0.5) is 5.95 Å². The SMILES string of the molecule is C[C@H]1[C@@H](CN2CCN(c3ncccn3)CC2)O[C@@H](c2ccc(-c3cccc(CNS(=O)(=O)c4ccccc4)c3)cc2)O[C@H]1c1ccc(CO)cc1. The first kappa shape index (κ1) is 34.9. The molecule has 7 rings (SSSR count). The van der Waals surface area contributed by atoms with Gasteiger partial charge < -0.3 is 19.5 Å². The van der Waals surface area contributed by atoms with E-state index in [-0.39, 0.29) is 36.2 Å². The molecular formula is C40H43N5O5S. The summed E-state index contributed by atoms with van der Waals surface area (Å²) in [6.07, 6.45) is 2.71. The van der Waals surface area contributed by atoms with Crippen molar-refractivity contribution in [2.24, 2.45) is 5.92 Å². The van der Waals surface area contributed by atoms with Gasteiger partial charge in [0.2, 0.25) is 16.0 Å². The zero-order valence-corrected chi connectivity index (χ0v) is 29.4. The normalized spacial score (nSPS) is 21.4. The van der Waals surface area contributed by atoms with Gasteiger partial charge in [-0.2, -0.15) is 0 Å². The van der Waals surface area contributed by atoms with E-state index in [0.717, 1.165) is 72.1 Å². The molecule has 10 nitrogen and oxygen atoms in total. The van der Waals surface area contributed by atoms with Gasteiger partial charge in [0.15, 0.2) is 6.29 Å². The van der Waals surface area contributed by atoms with Crippen molar-refractivity contribution in [3.05, 3.63) is 144 Å². The van der Waals surface area contributed by atoms with Crippen molar-refractivity contribution in [1.82, 2.24) is 19.6 Å². The Morgan fingerprint density at radius 3 is 2.18 bits per heavy atom. The van der Waals surface area contributed by atoms with Crippen molar-refractivity contribution in [2.75, 3.05) is 37.6 Å². The van der Waals surface area contributed by atoms with E-state index in [4.69, 9.17) is 9.47 Å². The van der Waals surface area contributed by atoms with E-state index >= 15 is 0 Å². The molecule has 0 unspecified atom stereocenters. The number of aliphatic hydroxyl groups is 1. The standard InChI is InChI=1S/C40H43N5O5S/c1-29-37(27-44-21-23-45(24-22-44)40-41-19-6-20-42-40)49-39(50-38(29)33-13-11-30(28-46)12-14-33)34-17-15-32(16-18-34)35-8-5-7-31(25-35)26-43-51(47,48)36-9-3-2-4-10-36/h2-20,25,29,37-39,43,46H,21-24,26-28H2,1H3/t29-,37+,38+,39+/m0/s1. The van der Waals surface area contributed by atoms with Crippen molar-refractivity contribution >= 4 is 16.0 Å². The van der Waals surface area contributed by atoms with Crippen molar-refractivity contribution in [2.45, 2.75) is 43.5 Å². The largest absolute Gasteiger partial charge is 0.392 e. The predicted octanol–water partition coefficient (Wildman–Crippen LogP) is 5.73. The van der Waals surface area contributed by atoms with Crippen LogP contribution in [0.5, 0.6) is 0 Å². The molecule has 2 fully saturated rings. The van der Waals surface area contributed by atoms with Gasteiger partial charge in [-0.05, 0) is 52.1 Å². The Balaban J connectivity index is 1.06. The van der Waals surface area contributed by atoms with Crippen LogP contribution in [-0.4, -0.2) is 67.2 Å². The maximum Gasteiger partial charge on any atom is 0.240 e. The van der Waals surface area contributed by atoms with E-state index in [1.807, 2.05) is 66.7 Å². The zero-order chi connectivity index (χ0) is 35.2. The highest BCUT2D eigenvalue weighted by molar-refractivity contribution is 7.89. The van der Waals surface area contributed by atoms with E-state index in [2.05, 4.69) is 43.5 Å². The summed E-state index contributed by atoms with van der Waals surface area (Å²) in [5.74, 6) is 0.847. The second-order valence-corrected chi connectivity index (χ2v) is 14.9. The van der Waals surface area contributed by atoms with Crippen LogP contribution in [-0.2, 0) is 32.6 Å². The number of piperazine rings is 1. The fraction of sp³-hybridized carbons (Fsp3) is 0.300. The molecule has 2 aliphatic rings. The van der Waals surface area contributed by atoms with E-state index in [0.29, 0.717) is 0 Å². The highest BCUT2D eigenvalue weighted by Gasteiger charge is 2.39. The molecule has 11 heteroatoms. The Kier molecular flexibility index (Phi) is 10.8. The van der Waals surface area contributed by atoms with Crippen LogP contribution in [0.1, 0.15) is 41.6 Å². The summed E-state index contributed by atoms with van der Waals surface area (Å²) in [5.41, 5.74) is 5.69. The maximum absolute atomic E-state index is 12.8. The van der Waals surface area contributed by atoms with Gasteiger partial charge in [-0.25, -0.2) is 23.1 Å². The molecule has 2 N–H and O–H groups in total. The first-order chi connectivity index (χ1) is 24.9. The summed E-state index contributed by atoms with van der Waals surface area (Å²) in [6.45, 7) is 6.60. The number of aliphatic hydroxyl groups excluding tert-OH is 1. The van der Waals surface area contributed by atoms with Crippen LogP contribution in [0.15, 0.2) is 126 Å². The van der Waals surface area contributed by atoms with Crippen LogP contribution in [0.3, 0.4) is 0 Å². The highest BCUT2D eigenvalue weighted by Crippen LogP contribution is 2.42. The molecule has 4 atom stereocenters. The number of sulfonamides is 1. The molecule has 4 aromatic carbocycles. The van der Waals surface area contributed by atoms with E-state index in [1.54, 1.807) is 42.7 Å². The lowest BCUT2D eigenvalue weighted by Gasteiger charge is -2.44. The number of nitrogens with zero attached hydrogens (tertiary/aromatic N) is 4. The van der Waals surface area contributed by atoms with E-state index < -0.39 is 16.3 Å². The molecule has 0 aliphatic carbocycles. The number of ether oxygens (including phenoxy) is 2. The second kappa shape index (κ2) is 15.8. The first-order valence-electron chi connectivity index (χ1n) is 17.4. The third-order valence-corrected chi connectivity index (χ3v) is 11.1. The number of rotatable bonds is 11. The van der Waals surface area contributed by atoms with Gasteiger partial charge in [-0.15, -0.1) is 0 Å². The van der Waals surface area contributed by atoms with Gasteiger partial charge >= 0.3 is 0 Å². The van der Waals surface area contributed by atoms with Crippen molar-refractivity contribution in [3.8, 4) is 11.1 Å². The number of hydrogen-bond acceptors (Lipinski definition) is 9. The highest BCUT2D eigenvalue weighted by atomic mass is 32.2. The first-order valence-corrected chi connectivity index (χ1v) is 18.8. The Morgan fingerprint density at radius 2 is 1.47 bits per heavy atom. The molecule has 51 heavy (non-hydrogen) atoms. The summed E-state index contributed by atoms with van der Waals surface area (Å²) < 4.78 is 41.7. The lowest BCUT2D eigenvalue weighted by atomic mass is 9.89. The zero-order valence-electron chi connectivity index (χ0n) is 28.6. The fourth-order valence-corrected chi connectivity index (χ4v) is 7.76. The van der Waals surface area contributed by atoms with Gasteiger partial charge in [0.25, 0.3) is 0 Å². The van der Waals surface area contributed by atoms with Crippen LogP contribution < -0.4 is 9.62 Å². The summed E-state index contributed by atoms with van der Waals surface area (Å²) in [7, 11) is -3.61. The smallest absolute Gasteiger partial charge is 0.240 e. The average Bonchev–Trinajstić information content (AvgIpc) is 3.19. The molecule has 0 bridgehead atoms. The van der Waals surface area contributed by atoms with E-state index in [9.17, 15) is 13.5 Å². The fourth-order valence-electron chi connectivity index (χ4n) is 6.72. The molecule has 3 heterocycles. The molecule has 1 aromatic heterocycles. The predicted molar refractivity (Wildman–Crippen MR) is 196 cm³/mol. The summed E-state index contributed by atoms with van der Waals surface area (Å²) in [5, 5.41) is 9.62. The van der Waals surface area contributed by atoms with E-state index in [1.165, 1.54) is 0 Å². The summed E-state index contributed by atoms with van der Waals surface area (Å²) in [4.78, 5) is 13.8. The quantitative estimate of drug-likeness (QED) is 0.178. The van der Waals surface area contributed by atoms with Crippen LogP contribution in [0.2, 0.25) is 0 Å². The molecule has 0 saturated carbocycles. The minimum Gasteiger partial charge on any atom is -0.392 e. The number of aromatic nitrogens is 2.